The van der Waals surface area contributed by atoms with Crippen LogP contribution in [0, 0.1) is 13.8 Å². The maximum Gasteiger partial charge on any atom is 0.267 e. The number of thiazole rings is 1. The Morgan fingerprint density at radius 3 is 2.53 bits per heavy atom. The van der Waals surface area contributed by atoms with Gasteiger partial charge in [-0.15, -0.1) is 0 Å². The lowest BCUT2D eigenvalue weighted by atomic mass is 10.1. The average Bonchev–Trinajstić information content (AvgIpc) is 3.22. The summed E-state index contributed by atoms with van der Waals surface area (Å²) in [6.45, 7) is 6.02. The third-order valence-corrected chi connectivity index (χ3v) is 6.83. The number of carbonyl (C=O) groups excluding carboxylic acids is 2. The normalized spacial score (nSPS) is 15.2. The maximum absolute atomic E-state index is 13.7. The Bertz CT molecular complexity index is 1340. The lowest BCUT2D eigenvalue weighted by Gasteiger charge is -2.33. The van der Waals surface area contributed by atoms with Crippen molar-refractivity contribution in [2.24, 2.45) is 0 Å². The van der Waals surface area contributed by atoms with Gasteiger partial charge in [-0.25, -0.2) is 4.98 Å². The summed E-state index contributed by atoms with van der Waals surface area (Å²) in [5, 5.41) is 0.623. The Morgan fingerprint density at radius 2 is 1.76 bits per heavy atom. The molecule has 3 aromatic carbocycles. The number of ether oxygens (including phenoxy) is 1. The molecular formula is C27H25N3O3S. The quantitative estimate of drug-likeness (QED) is 0.370. The molecule has 4 aromatic rings. The van der Waals surface area contributed by atoms with Crippen molar-refractivity contribution in [1.29, 1.82) is 0 Å². The first kappa shape index (κ1) is 22.1. The van der Waals surface area contributed by atoms with E-state index in [1.54, 1.807) is 16.7 Å². The topological polar surface area (TPSA) is 62.7 Å². The first-order chi connectivity index (χ1) is 16.4. The molecule has 0 spiro atoms. The third kappa shape index (κ3) is 4.15. The van der Waals surface area contributed by atoms with E-state index in [4.69, 9.17) is 9.72 Å². The minimum Gasteiger partial charge on any atom is -0.479 e. The Labute approximate surface area is 202 Å². The summed E-state index contributed by atoms with van der Waals surface area (Å²) < 4.78 is 6.75. The molecule has 172 valence electrons. The fourth-order valence-electron chi connectivity index (χ4n) is 4.31. The van der Waals surface area contributed by atoms with Crippen LogP contribution in [0.4, 0.5) is 16.5 Å². The van der Waals surface area contributed by atoms with Crippen LogP contribution in [0.2, 0.25) is 0 Å². The zero-order chi connectivity index (χ0) is 23.8. The number of carbonyl (C=O) groups is 2. The summed E-state index contributed by atoms with van der Waals surface area (Å²) in [4.78, 5) is 34.7. The van der Waals surface area contributed by atoms with Gasteiger partial charge < -0.3 is 9.64 Å². The van der Waals surface area contributed by atoms with Crippen molar-refractivity contribution in [2.45, 2.75) is 33.3 Å². The van der Waals surface area contributed by atoms with Crippen molar-refractivity contribution >= 4 is 49.9 Å². The standard InChI is InChI=1S/C27H25N3O3S/c1-17-14-18(2)16-20(15-17)30(27-28-21-8-4-7-11-24(21)34-27)25(31)12-13-29-22-9-5-6-10-23(22)33-19(3)26(29)32/h4-11,14-16,19H,12-13H2,1-3H3/t19-/m1/s1. The van der Waals surface area contributed by atoms with Crippen LogP contribution in [-0.2, 0) is 9.59 Å². The van der Waals surface area contributed by atoms with Crippen LogP contribution in [0.3, 0.4) is 0 Å². The number of hydrogen-bond donors (Lipinski definition) is 0. The molecular weight excluding hydrogens is 446 g/mol. The van der Waals surface area contributed by atoms with E-state index in [1.165, 1.54) is 11.3 Å². The molecule has 7 heteroatoms. The van der Waals surface area contributed by atoms with Gasteiger partial charge in [-0.2, -0.15) is 0 Å². The largest absolute Gasteiger partial charge is 0.479 e. The highest BCUT2D eigenvalue weighted by Crippen LogP contribution is 2.36. The van der Waals surface area contributed by atoms with Gasteiger partial charge in [0.1, 0.15) is 5.75 Å². The molecule has 0 saturated carbocycles. The molecule has 0 unspecified atom stereocenters. The maximum atomic E-state index is 13.7. The number of benzene rings is 3. The molecule has 0 aliphatic carbocycles. The monoisotopic (exact) mass is 471 g/mol. The van der Waals surface area contributed by atoms with Gasteiger partial charge in [0.05, 0.1) is 21.6 Å². The Morgan fingerprint density at radius 1 is 1.06 bits per heavy atom. The number of aryl methyl sites for hydroxylation is 2. The second kappa shape index (κ2) is 8.91. The molecule has 0 saturated heterocycles. The minimum atomic E-state index is -0.593. The van der Waals surface area contributed by atoms with Gasteiger partial charge in [0.15, 0.2) is 11.2 Å². The van der Waals surface area contributed by atoms with E-state index in [1.807, 2.05) is 74.5 Å². The molecule has 2 heterocycles. The van der Waals surface area contributed by atoms with Gasteiger partial charge in [0, 0.05) is 13.0 Å². The van der Waals surface area contributed by atoms with Crippen molar-refractivity contribution in [2.75, 3.05) is 16.3 Å². The first-order valence-electron chi connectivity index (χ1n) is 11.2. The second-order valence-electron chi connectivity index (χ2n) is 8.51. The molecule has 1 atom stereocenters. The van der Waals surface area contributed by atoms with Crippen LogP contribution in [-0.4, -0.2) is 29.4 Å². The van der Waals surface area contributed by atoms with E-state index in [0.717, 1.165) is 27.0 Å². The predicted molar refractivity (Wildman–Crippen MR) is 136 cm³/mol. The van der Waals surface area contributed by atoms with E-state index in [0.29, 0.717) is 16.6 Å². The summed E-state index contributed by atoms with van der Waals surface area (Å²) in [6, 6.07) is 21.4. The molecule has 6 nitrogen and oxygen atoms in total. The number of rotatable bonds is 5. The van der Waals surface area contributed by atoms with Gasteiger partial charge in [0.25, 0.3) is 5.91 Å². The van der Waals surface area contributed by atoms with Crippen LogP contribution in [0.15, 0.2) is 66.7 Å². The highest BCUT2D eigenvalue weighted by molar-refractivity contribution is 7.22. The van der Waals surface area contributed by atoms with Crippen LogP contribution < -0.4 is 14.5 Å². The van der Waals surface area contributed by atoms with Gasteiger partial charge in [-0.1, -0.05) is 41.7 Å². The van der Waals surface area contributed by atoms with Crippen molar-refractivity contribution in [3.8, 4) is 5.75 Å². The molecule has 5 rings (SSSR count). The van der Waals surface area contributed by atoms with Gasteiger partial charge in [-0.3, -0.25) is 14.5 Å². The fourth-order valence-corrected chi connectivity index (χ4v) is 5.31. The zero-order valence-electron chi connectivity index (χ0n) is 19.3. The van der Waals surface area contributed by atoms with Crippen LogP contribution >= 0.6 is 11.3 Å². The molecule has 0 bridgehead atoms. The summed E-state index contributed by atoms with van der Waals surface area (Å²) in [5.41, 5.74) is 4.47. The fraction of sp³-hybridized carbons (Fsp3) is 0.222. The number of hydrogen-bond acceptors (Lipinski definition) is 5. The van der Waals surface area contributed by atoms with Crippen molar-refractivity contribution in [3.05, 3.63) is 77.9 Å². The van der Waals surface area contributed by atoms with E-state index in [9.17, 15) is 9.59 Å². The van der Waals surface area contributed by atoms with E-state index >= 15 is 0 Å². The van der Waals surface area contributed by atoms with Crippen molar-refractivity contribution < 1.29 is 14.3 Å². The molecule has 0 fully saturated rings. The predicted octanol–water partition coefficient (Wildman–Crippen LogP) is 5.78. The number of nitrogens with zero attached hydrogens (tertiary/aromatic N) is 3. The smallest absolute Gasteiger partial charge is 0.267 e. The molecule has 1 aromatic heterocycles. The Hall–Kier alpha value is -3.71. The Kier molecular flexibility index (Phi) is 5.79. The lowest BCUT2D eigenvalue weighted by molar-refractivity contribution is -0.125. The minimum absolute atomic E-state index is 0.117. The van der Waals surface area contributed by atoms with E-state index < -0.39 is 6.10 Å². The zero-order valence-corrected chi connectivity index (χ0v) is 20.1. The van der Waals surface area contributed by atoms with Crippen LogP contribution in [0.1, 0.15) is 24.5 Å². The summed E-state index contributed by atoms with van der Waals surface area (Å²) in [6.07, 6.45) is -0.444. The summed E-state index contributed by atoms with van der Waals surface area (Å²) in [7, 11) is 0. The average molecular weight is 472 g/mol. The highest BCUT2D eigenvalue weighted by Gasteiger charge is 2.32. The number of anilines is 3. The number of amides is 2. The molecule has 0 radical (unpaired) electrons. The number of aromatic nitrogens is 1. The van der Waals surface area contributed by atoms with Crippen LogP contribution in [0.25, 0.3) is 10.2 Å². The molecule has 2 amide bonds. The molecule has 1 aliphatic rings. The van der Waals surface area contributed by atoms with Gasteiger partial charge >= 0.3 is 0 Å². The number of fused-ring (bicyclic) bond motifs is 2. The highest BCUT2D eigenvalue weighted by atomic mass is 32.1. The van der Waals surface area contributed by atoms with Crippen molar-refractivity contribution in [1.82, 2.24) is 4.98 Å². The molecule has 0 N–H and O–H groups in total. The second-order valence-corrected chi connectivity index (χ2v) is 9.52. The lowest BCUT2D eigenvalue weighted by Crippen LogP contribution is -2.45. The SMILES string of the molecule is Cc1cc(C)cc(N(C(=O)CCN2C(=O)[C@@H](C)Oc3ccccc32)c2nc3ccccc3s2)c1. The van der Waals surface area contributed by atoms with Crippen molar-refractivity contribution in [3.63, 3.8) is 0 Å². The number of para-hydroxylation sites is 3. The summed E-state index contributed by atoms with van der Waals surface area (Å²) in [5.74, 6) is 0.386. The van der Waals surface area contributed by atoms with Crippen LogP contribution in [0.5, 0.6) is 5.75 Å². The molecule has 34 heavy (non-hydrogen) atoms. The van der Waals surface area contributed by atoms with E-state index in [-0.39, 0.29) is 24.8 Å². The van der Waals surface area contributed by atoms with E-state index in [2.05, 4.69) is 6.07 Å². The first-order valence-corrected chi connectivity index (χ1v) is 12.1. The summed E-state index contributed by atoms with van der Waals surface area (Å²) >= 11 is 1.48. The Balaban J connectivity index is 1.48. The third-order valence-electron chi connectivity index (χ3n) is 5.81. The van der Waals surface area contributed by atoms with Gasteiger partial charge in [0.2, 0.25) is 5.91 Å². The molecule has 1 aliphatic heterocycles. The van der Waals surface area contributed by atoms with Gasteiger partial charge in [-0.05, 0) is 68.3 Å².